The number of nitrogen functional groups attached to an aromatic ring is 1. The molecule has 19 heavy (non-hydrogen) atoms. The third-order valence-corrected chi connectivity index (χ3v) is 2.94. The molecule has 1 heterocycles. The zero-order chi connectivity index (χ0) is 14.0. The van der Waals surface area contributed by atoms with Gasteiger partial charge in [-0.2, -0.15) is 0 Å². The number of anilines is 1. The maximum Gasteiger partial charge on any atom is 0.253 e. The van der Waals surface area contributed by atoms with Crippen molar-refractivity contribution in [3.05, 3.63) is 29.3 Å². The van der Waals surface area contributed by atoms with E-state index in [-0.39, 0.29) is 23.2 Å². The highest BCUT2D eigenvalue weighted by Gasteiger charge is 2.22. The Balaban J connectivity index is 2.08. The summed E-state index contributed by atoms with van der Waals surface area (Å²) in [6, 6.07) is 1.30. The highest BCUT2D eigenvalue weighted by atomic mass is 19.2. The topological polar surface area (TPSA) is 84.2 Å². The first-order chi connectivity index (χ1) is 8.97. The predicted octanol–water partition coefficient (Wildman–Crippen LogP) is 0.555. The Morgan fingerprint density at radius 1 is 1.37 bits per heavy atom. The van der Waals surface area contributed by atoms with E-state index >= 15 is 0 Å². The monoisotopic (exact) mass is 269 g/mol. The van der Waals surface area contributed by atoms with Crippen molar-refractivity contribution in [1.29, 1.82) is 0 Å². The van der Waals surface area contributed by atoms with Crippen molar-refractivity contribution < 1.29 is 18.4 Å². The molecule has 1 unspecified atom stereocenters. The Labute approximate surface area is 108 Å². The number of benzene rings is 1. The van der Waals surface area contributed by atoms with Crippen molar-refractivity contribution in [2.75, 3.05) is 12.3 Å². The minimum atomic E-state index is -1.13. The van der Waals surface area contributed by atoms with Crippen molar-refractivity contribution in [2.45, 2.75) is 18.9 Å². The van der Waals surface area contributed by atoms with Crippen LogP contribution in [0.15, 0.2) is 12.1 Å². The van der Waals surface area contributed by atoms with Crippen LogP contribution in [0.1, 0.15) is 23.2 Å². The highest BCUT2D eigenvalue weighted by Crippen LogP contribution is 2.17. The molecule has 1 saturated heterocycles. The number of nitrogens with two attached hydrogens (primary N) is 1. The quantitative estimate of drug-likeness (QED) is 0.686. The van der Waals surface area contributed by atoms with Gasteiger partial charge in [0.2, 0.25) is 5.91 Å². The maximum absolute atomic E-state index is 13.1. The Hall–Kier alpha value is -2.18. The summed E-state index contributed by atoms with van der Waals surface area (Å²) in [4.78, 5) is 22.9. The van der Waals surface area contributed by atoms with Crippen molar-refractivity contribution in [3.63, 3.8) is 0 Å². The molecule has 0 saturated carbocycles. The molecule has 0 spiro atoms. The number of nitrogens with one attached hydrogen (secondary N) is 2. The summed E-state index contributed by atoms with van der Waals surface area (Å²) in [6.45, 7) is 0.314. The van der Waals surface area contributed by atoms with Crippen molar-refractivity contribution >= 4 is 17.5 Å². The van der Waals surface area contributed by atoms with Gasteiger partial charge in [-0.25, -0.2) is 8.78 Å². The van der Waals surface area contributed by atoms with E-state index in [0.717, 1.165) is 12.1 Å². The smallest absolute Gasteiger partial charge is 0.253 e. The molecule has 102 valence electrons. The standard InChI is InChI=1S/C12H13F2N3O2/c13-8-3-7(10(15)4-9(8)14)12(19)17-6-1-2-11(18)16-5-6/h3-4,6H,1-2,5,15H2,(H,16,18)(H,17,19). The lowest BCUT2D eigenvalue weighted by atomic mass is 10.1. The summed E-state index contributed by atoms with van der Waals surface area (Å²) in [5, 5.41) is 5.23. The van der Waals surface area contributed by atoms with Crippen LogP contribution in [0.2, 0.25) is 0 Å². The molecule has 1 aliphatic rings. The third kappa shape index (κ3) is 2.98. The number of amides is 2. The molecule has 5 nitrogen and oxygen atoms in total. The molecule has 1 fully saturated rings. The number of carbonyl (C=O) groups is 2. The van der Waals surface area contributed by atoms with E-state index in [1.807, 2.05) is 0 Å². The molecule has 0 aliphatic carbocycles. The number of rotatable bonds is 2. The van der Waals surface area contributed by atoms with Gasteiger partial charge in [-0.05, 0) is 12.5 Å². The second-order valence-corrected chi connectivity index (χ2v) is 4.37. The lowest BCUT2D eigenvalue weighted by molar-refractivity contribution is -0.122. The van der Waals surface area contributed by atoms with Crippen LogP contribution in [-0.4, -0.2) is 24.4 Å². The van der Waals surface area contributed by atoms with Gasteiger partial charge in [0.1, 0.15) is 0 Å². The van der Waals surface area contributed by atoms with Crippen LogP contribution < -0.4 is 16.4 Å². The molecule has 0 radical (unpaired) electrons. The zero-order valence-electron chi connectivity index (χ0n) is 10.0. The first kappa shape index (κ1) is 13.3. The first-order valence-corrected chi connectivity index (χ1v) is 5.79. The predicted molar refractivity (Wildman–Crippen MR) is 64.3 cm³/mol. The average Bonchev–Trinajstić information content (AvgIpc) is 2.36. The normalized spacial score (nSPS) is 18.8. The van der Waals surface area contributed by atoms with Crippen LogP contribution in [0, 0.1) is 11.6 Å². The van der Waals surface area contributed by atoms with Crippen molar-refractivity contribution in [1.82, 2.24) is 10.6 Å². The number of halogens is 2. The van der Waals surface area contributed by atoms with Gasteiger partial charge in [-0.15, -0.1) is 0 Å². The Kier molecular flexibility index (Phi) is 3.64. The second kappa shape index (κ2) is 5.21. The summed E-state index contributed by atoms with van der Waals surface area (Å²) < 4.78 is 26.0. The van der Waals surface area contributed by atoms with Gasteiger partial charge < -0.3 is 16.4 Å². The van der Waals surface area contributed by atoms with Crippen LogP contribution in [0.5, 0.6) is 0 Å². The van der Waals surface area contributed by atoms with Gasteiger partial charge in [-0.3, -0.25) is 9.59 Å². The van der Waals surface area contributed by atoms with Gasteiger partial charge in [-0.1, -0.05) is 0 Å². The number of hydrogen-bond donors (Lipinski definition) is 3. The number of hydrogen-bond acceptors (Lipinski definition) is 3. The molecule has 0 bridgehead atoms. The van der Waals surface area contributed by atoms with Crippen LogP contribution >= 0.6 is 0 Å². The fourth-order valence-electron chi connectivity index (χ4n) is 1.88. The van der Waals surface area contributed by atoms with E-state index in [1.165, 1.54) is 0 Å². The van der Waals surface area contributed by atoms with Crippen LogP contribution in [-0.2, 0) is 4.79 Å². The van der Waals surface area contributed by atoms with E-state index in [1.54, 1.807) is 0 Å². The summed E-state index contributed by atoms with van der Waals surface area (Å²) in [7, 11) is 0. The highest BCUT2D eigenvalue weighted by molar-refractivity contribution is 5.99. The summed E-state index contributed by atoms with van der Waals surface area (Å²) >= 11 is 0. The number of carbonyl (C=O) groups excluding carboxylic acids is 2. The molecule has 1 aromatic rings. The SMILES string of the molecule is Nc1cc(F)c(F)cc1C(=O)NC1CCC(=O)NC1. The van der Waals surface area contributed by atoms with E-state index < -0.39 is 17.5 Å². The van der Waals surface area contributed by atoms with Crippen LogP contribution in [0.25, 0.3) is 0 Å². The van der Waals surface area contributed by atoms with Crippen molar-refractivity contribution in [2.24, 2.45) is 0 Å². The van der Waals surface area contributed by atoms with Gasteiger partial charge in [0.25, 0.3) is 5.91 Å². The molecule has 0 aromatic heterocycles. The second-order valence-electron chi connectivity index (χ2n) is 4.37. The Morgan fingerprint density at radius 2 is 2.05 bits per heavy atom. The average molecular weight is 269 g/mol. The molecule has 2 rings (SSSR count). The lowest BCUT2D eigenvalue weighted by Crippen LogP contribution is -2.47. The molecule has 7 heteroatoms. The molecular formula is C12H13F2N3O2. The summed E-state index contributed by atoms with van der Waals surface area (Å²) in [5.74, 6) is -2.88. The Morgan fingerprint density at radius 3 is 2.68 bits per heavy atom. The summed E-state index contributed by atoms with van der Waals surface area (Å²) in [6.07, 6.45) is 0.819. The lowest BCUT2D eigenvalue weighted by Gasteiger charge is -2.23. The zero-order valence-corrected chi connectivity index (χ0v) is 10.0. The van der Waals surface area contributed by atoms with E-state index in [9.17, 15) is 18.4 Å². The van der Waals surface area contributed by atoms with E-state index in [4.69, 9.17) is 5.73 Å². The maximum atomic E-state index is 13.1. The molecular weight excluding hydrogens is 256 g/mol. The Bertz CT molecular complexity index is 524. The molecule has 1 atom stereocenters. The number of piperidine rings is 1. The minimum absolute atomic E-state index is 0.0714. The van der Waals surface area contributed by atoms with Crippen molar-refractivity contribution in [3.8, 4) is 0 Å². The van der Waals surface area contributed by atoms with E-state index in [0.29, 0.717) is 19.4 Å². The molecule has 2 amide bonds. The van der Waals surface area contributed by atoms with Gasteiger partial charge in [0, 0.05) is 30.8 Å². The first-order valence-electron chi connectivity index (χ1n) is 5.79. The van der Waals surface area contributed by atoms with Gasteiger partial charge in [0.15, 0.2) is 11.6 Å². The molecule has 1 aliphatic heterocycles. The van der Waals surface area contributed by atoms with E-state index in [2.05, 4.69) is 10.6 Å². The molecule has 1 aromatic carbocycles. The van der Waals surface area contributed by atoms with Crippen LogP contribution in [0.3, 0.4) is 0 Å². The van der Waals surface area contributed by atoms with Gasteiger partial charge >= 0.3 is 0 Å². The third-order valence-electron chi connectivity index (χ3n) is 2.94. The van der Waals surface area contributed by atoms with Crippen LogP contribution in [0.4, 0.5) is 14.5 Å². The fourth-order valence-corrected chi connectivity index (χ4v) is 1.88. The van der Waals surface area contributed by atoms with Gasteiger partial charge in [0.05, 0.1) is 5.56 Å². The minimum Gasteiger partial charge on any atom is -0.398 e. The largest absolute Gasteiger partial charge is 0.398 e. The fraction of sp³-hybridized carbons (Fsp3) is 0.333. The molecule has 4 N–H and O–H groups in total. The summed E-state index contributed by atoms with van der Waals surface area (Å²) in [5.41, 5.74) is 5.24.